The molecule has 6 heteroatoms. The Balaban J connectivity index is 2.67. The van der Waals surface area contributed by atoms with Gasteiger partial charge in [0.1, 0.15) is 0 Å². The number of rotatable bonds is 4. The summed E-state index contributed by atoms with van der Waals surface area (Å²) in [6.07, 6.45) is -0.237. The SMILES string of the molecule is COc1cc2[nH]c(CC(=O)O)cc(=O)c2cc1OC. The molecule has 1 aromatic carbocycles. The van der Waals surface area contributed by atoms with Gasteiger partial charge in [-0.25, -0.2) is 0 Å². The number of aromatic amines is 1. The number of hydrogen-bond acceptors (Lipinski definition) is 4. The minimum absolute atomic E-state index is 0.237. The Hall–Kier alpha value is -2.50. The molecule has 2 aromatic rings. The summed E-state index contributed by atoms with van der Waals surface area (Å²) in [5.41, 5.74) is 0.601. The molecule has 1 aromatic heterocycles. The predicted octanol–water partition coefficient (Wildman–Crippen LogP) is 1.17. The number of fused-ring (bicyclic) bond motifs is 1. The van der Waals surface area contributed by atoms with Gasteiger partial charge in [-0.15, -0.1) is 0 Å². The van der Waals surface area contributed by atoms with Crippen molar-refractivity contribution in [2.45, 2.75) is 6.42 Å². The Morgan fingerprint density at radius 1 is 1.21 bits per heavy atom. The number of carbonyl (C=O) groups is 1. The average molecular weight is 263 g/mol. The number of nitrogens with one attached hydrogen (secondary N) is 1. The van der Waals surface area contributed by atoms with Crippen LogP contribution >= 0.6 is 0 Å². The van der Waals surface area contributed by atoms with Gasteiger partial charge < -0.3 is 19.6 Å². The third-order valence-corrected chi connectivity index (χ3v) is 2.73. The van der Waals surface area contributed by atoms with Crippen LogP contribution in [0.1, 0.15) is 5.69 Å². The van der Waals surface area contributed by atoms with Crippen molar-refractivity contribution < 1.29 is 19.4 Å². The number of aromatic nitrogens is 1. The normalized spacial score (nSPS) is 10.4. The molecular weight excluding hydrogens is 250 g/mol. The number of carboxylic acid groups (broad SMARTS) is 1. The molecule has 0 aliphatic carbocycles. The zero-order valence-electron chi connectivity index (χ0n) is 10.5. The second-order valence-corrected chi connectivity index (χ2v) is 3.98. The summed E-state index contributed by atoms with van der Waals surface area (Å²) in [7, 11) is 2.97. The fourth-order valence-electron chi connectivity index (χ4n) is 1.89. The standard InChI is InChI=1S/C13H13NO5/c1-18-11-5-8-9(6-12(11)19-2)14-7(3-10(8)15)4-13(16)17/h3,5-6H,4H2,1-2H3,(H,14,15)(H,16,17). The molecule has 0 bridgehead atoms. The van der Waals surface area contributed by atoms with Crippen molar-refractivity contribution >= 4 is 16.9 Å². The van der Waals surface area contributed by atoms with Gasteiger partial charge in [-0.1, -0.05) is 0 Å². The summed E-state index contributed by atoms with van der Waals surface area (Å²) in [6, 6.07) is 4.46. The quantitative estimate of drug-likeness (QED) is 0.864. The largest absolute Gasteiger partial charge is 0.493 e. The number of benzene rings is 1. The maximum atomic E-state index is 11.9. The summed E-state index contributed by atoms with van der Waals surface area (Å²) >= 11 is 0. The van der Waals surface area contributed by atoms with Crippen molar-refractivity contribution in [3.8, 4) is 11.5 Å². The third kappa shape index (κ3) is 2.52. The van der Waals surface area contributed by atoms with Gasteiger partial charge in [-0.3, -0.25) is 9.59 Å². The minimum Gasteiger partial charge on any atom is -0.493 e. The van der Waals surface area contributed by atoms with Gasteiger partial charge in [0.25, 0.3) is 0 Å². The lowest BCUT2D eigenvalue weighted by Crippen LogP contribution is -2.09. The predicted molar refractivity (Wildman–Crippen MR) is 69.0 cm³/mol. The molecule has 2 N–H and O–H groups in total. The third-order valence-electron chi connectivity index (χ3n) is 2.73. The molecule has 0 fully saturated rings. The van der Waals surface area contributed by atoms with E-state index in [1.807, 2.05) is 0 Å². The van der Waals surface area contributed by atoms with Gasteiger partial charge in [-0.2, -0.15) is 0 Å². The highest BCUT2D eigenvalue weighted by Crippen LogP contribution is 2.30. The minimum atomic E-state index is -1.00. The van der Waals surface area contributed by atoms with E-state index in [1.54, 1.807) is 12.1 Å². The van der Waals surface area contributed by atoms with Gasteiger partial charge in [0, 0.05) is 23.2 Å². The highest BCUT2D eigenvalue weighted by Gasteiger charge is 2.10. The zero-order valence-corrected chi connectivity index (χ0v) is 10.5. The number of pyridine rings is 1. The van der Waals surface area contributed by atoms with Crippen LogP contribution in [-0.2, 0) is 11.2 Å². The number of hydrogen-bond donors (Lipinski definition) is 2. The van der Waals surface area contributed by atoms with Crippen molar-refractivity contribution in [2.75, 3.05) is 14.2 Å². The maximum Gasteiger partial charge on any atom is 0.309 e. The van der Waals surface area contributed by atoms with E-state index in [-0.39, 0.29) is 11.8 Å². The van der Waals surface area contributed by atoms with Crippen molar-refractivity contribution in [2.24, 2.45) is 0 Å². The molecule has 19 heavy (non-hydrogen) atoms. The number of methoxy groups -OCH3 is 2. The van der Waals surface area contributed by atoms with E-state index in [1.165, 1.54) is 20.3 Å². The van der Waals surface area contributed by atoms with Crippen LogP contribution in [0, 0.1) is 0 Å². The Bertz CT molecular complexity index is 689. The zero-order chi connectivity index (χ0) is 14.0. The van der Waals surface area contributed by atoms with E-state index in [2.05, 4.69) is 4.98 Å². The van der Waals surface area contributed by atoms with E-state index in [0.717, 1.165) is 0 Å². The van der Waals surface area contributed by atoms with Gasteiger partial charge in [-0.05, 0) is 6.07 Å². The monoisotopic (exact) mass is 263 g/mol. The lowest BCUT2D eigenvalue weighted by molar-refractivity contribution is -0.136. The average Bonchev–Trinajstić information content (AvgIpc) is 2.36. The first-order valence-electron chi connectivity index (χ1n) is 5.55. The number of ether oxygens (including phenoxy) is 2. The molecule has 0 aliphatic rings. The van der Waals surface area contributed by atoms with Crippen LogP contribution < -0.4 is 14.9 Å². The molecule has 0 atom stereocenters. The van der Waals surface area contributed by atoms with Crippen molar-refractivity contribution in [3.63, 3.8) is 0 Å². The van der Waals surface area contributed by atoms with E-state index < -0.39 is 5.97 Å². The fourth-order valence-corrected chi connectivity index (χ4v) is 1.89. The highest BCUT2D eigenvalue weighted by atomic mass is 16.5. The Morgan fingerprint density at radius 3 is 2.42 bits per heavy atom. The summed E-state index contributed by atoms with van der Waals surface area (Å²) in [4.78, 5) is 25.5. The molecule has 0 spiro atoms. The lowest BCUT2D eigenvalue weighted by Gasteiger charge is -2.09. The molecule has 0 saturated carbocycles. The van der Waals surface area contributed by atoms with Crippen LogP contribution in [-0.4, -0.2) is 30.3 Å². The van der Waals surface area contributed by atoms with Crippen LogP contribution in [0.15, 0.2) is 23.0 Å². The van der Waals surface area contributed by atoms with E-state index in [0.29, 0.717) is 28.1 Å². The summed E-state index contributed by atoms with van der Waals surface area (Å²) in [5, 5.41) is 9.17. The van der Waals surface area contributed by atoms with E-state index in [4.69, 9.17) is 14.6 Å². The summed E-state index contributed by atoms with van der Waals surface area (Å²) < 4.78 is 10.3. The van der Waals surface area contributed by atoms with Crippen molar-refractivity contribution in [1.82, 2.24) is 4.98 Å². The van der Waals surface area contributed by atoms with Crippen LogP contribution in [0.25, 0.3) is 10.9 Å². The smallest absolute Gasteiger partial charge is 0.309 e. The molecule has 0 saturated heterocycles. The van der Waals surface area contributed by atoms with Crippen LogP contribution in [0.5, 0.6) is 11.5 Å². The highest BCUT2D eigenvalue weighted by molar-refractivity contribution is 5.83. The molecule has 0 radical (unpaired) electrons. The topological polar surface area (TPSA) is 88.6 Å². The lowest BCUT2D eigenvalue weighted by atomic mass is 10.1. The van der Waals surface area contributed by atoms with Crippen LogP contribution in [0.2, 0.25) is 0 Å². The molecule has 0 amide bonds. The molecule has 0 aliphatic heterocycles. The van der Waals surface area contributed by atoms with Crippen LogP contribution in [0.3, 0.4) is 0 Å². The first-order chi connectivity index (χ1) is 9.05. The molecule has 6 nitrogen and oxygen atoms in total. The summed E-state index contributed by atoms with van der Waals surface area (Å²) in [6.45, 7) is 0. The Labute approximate surface area is 108 Å². The van der Waals surface area contributed by atoms with E-state index in [9.17, 15) is 9.59 Å². The molecule has 2 rings (SSSR count). The van der Waals surface area contributed by atoms with E-state index >= 15 is 0 Å². The van der Waals surface area contributed by atoms with Crippen molar-refractivity contribution in [1.29, 1.82) is 0 Å². The van der Waals surface area contributed by atoms with Gasteiger partial charge in [0.05, 0.1) is 26.2 Å². The fraction of sp³-hybridized carbons (Fsp3) is 0.231. The first kappa shape index (κ1) is 12.9. The molecular formula is C13H13NO5. The molecule has 100 valence electrons. The molecule has 0 unspecified atom stereocenters. The summed E-state index contributed by atoms with van der Waals surface area (Å²) in [5.74, 6) is -0.0833. The van der Waals surface area contributed by atoms with Gasteiger partial charge >= 0.3 is 5.97 Å². The van der Waals surface area contributed by atoms with Crippen molar-refractivity contribution in [3.05, 3.63) is 34.1 Å². The Morgan fingerprint density at radius 2 is 1.84 bits per heavy atom. The number of H-pyrrole nitrogens is 1. The second-order valence-electron chi connectivity index (χ2n) is 3.98. The molecule has 1 heterocycles. The second kappa shape index (κ2) is 5.01. The number of carboxylic acids is 1. The van der Waals surface area contributed by atoms with Gasteiger partial charge in [0.15, 0.2) is 16.9 Å². The maximum absolute atomic E-state index is 11.9. The van der Waals surface area contributed by atoms with Gasteiger partial charge in [0.2, 0.25) is 0 Å². The Kier molecular flexibility index (Phi) is 3.41. The first-order valence-corrected chi connectivity index (χ1v) is 5.55. The van der Waals surface area contributed by atoms with Crippen LogP contribution in [0.4, 0.5) is 0 Å². The number of aliphatic carboxylic acids is 1.